The van der Waals surface area contributed by atoms with Crippen LogP contribution in [0, 0.1) is 47.3 Å². The molecule has 2 atom stereocenters. The summed E-state index contributed by atoms with van der Waals surface area (Å²) in [5.41, 5.74) is 0. The second-order valence-electron chi connectivity index (χ2n) is 13.5. The van der Waals surface area contributed by atoms with E-state index < -0.39 is 0 Å². The third-order valence-corrected chi connectivity index (χ3v) is 11.1. The van der Waals surface area contributed by atoms with E-state index >= 15 is 0 Å². The molecule has 3 saturated carbocycles. The van der Waals surface area contributed by atoms with Gasteiger partial charge in [-0.3, -0.25) is 0 Å². The fourth-order valence-corrected chi connectivity index (χ4v) is 8.55. The summed E-state index contributed by atoms with van der Waals surface area (Å²) < 4.78 is 0. The van der Waals surface area contributed by atoms with Gasteiger partial charge >= 0.3 is 0 Å². The summed E-state index contributed by atoms with van der Waals surface area (Å²) in [5, 5.41) is 0. The van der Waals surface area contributed by atoms with Crippen LogP contribution in [0.1, 0.15) is 149 Å². The maximum Gasteiger partial charge on any atom is -0.00531 e. The lowest BCUT2D eigenvalue weighted by atomic mass is 9.66. The van der Waals surface area contributed by atoms with Crippen LogP contribution in [0.2, 0.25) is 0 Å². The topological polar surface area (TPSA) is 0 Å². The Morgan fingerprint density at radius 2 is 1.09 bits per heavy atom. The highest BCUT2D eigenvalue weighted by molar-refractivity contribution is 5.08. The predicted octanol–water partition coefficient (Wildman–Crippen LogP) is 11.3. The van der Waals surface area contributed by atoms with Crippen molar-refractivity contribution in [3.05, 3.63) is 24.3 Å². The van der Waals surface area contributed by atoms with E-state index in [1.165, 1.54) is 96.3 Å². The molecule has 0 heterocycles. The van der Waals surface area contributed by atoms with Gasteiger partial charge in [0.25, 0.3) is 0 Å². The molecule has 3 fully saturated rings. The molecule has 0 spiro atoms. The van der Waals surface area contributed by atoms with Gasteiger partial charge in [0, 0.05) is 0 Å². The first-order valence-corrected chi connectivity index (χ1v) is 16.6. The molecule has 0 amide bonds. The minimum Gasteiger partial charge on any atom is -0.0848 e. The minimum atomic E-state index is 0.729. The summed E-state index contributed by atoms with van der Waals surface area (Å²) in [5.74, 6) is 7.76. The van der Waals surface area contributed by atoms with Crippen molar-refractivity contribution in [3.63, 3.8) is 0 Å². The lowest BCUT2D eigenvalue weighted by molar-refractivity contribution is 0.127. The largest absolute Gasteiger partial charge is 0.0848 e. The summed E-state index contributed by atoms with van der Waals surface area (Å²) in [6.45, 7) is 4.68. The second kappa shape index (κ2) is 15.0. The van der Waals surface area contributed by atoms with E-state index in [2.05, 4.69) is 38.2 Å². The molecule has 0 bridgehead atoms. The molecule has 0 saturated heterocycles. The van der Waals surface area contributed by atoms with Crippen molar-refractivity contribution in [1.82, 2.24) is 0 Å². The quantitative estimate of drug-likeness (QED) is 0.204. The number of unbranched alkanes of at least 4 members (excludes halogenated alkanes) is 3. The van der Waals surface area contributed by atoms with Gasteiger partial charge in [0.2, 0.25) is 0 Å². The Morgan fingerprint density at radius 1 is 0.514 bits per heavy atom. The van der Waals surface area contributed by atoms with Crippen molar-refractivity contribution in [1.29, 1.82) is 0 Å². The Kier molecular flexibility index (Phi) is 11.8. The second-order valence-corrected chi connectivity index (χ2v) is 13.5. The smallest absolute Gasteiger partial charge is 0.00531 e. The standard InChI is InChI=1S/C35H60/c1-3-5-7-9-29-10-12-30(13-11-29)14-15-31-18-22-33(23-19-31)35-26-24-34(25-27-35)32-20-16-28(17-21-32)8-6-4-2/h14-15,18,22,28-35H,3-13,16-17,19-21,23-27H2,1-2H3. The van der Waals surface area contributed by atoms with Crippen LogP contribution in [-0.4, -0.2) is 0 Å². The van der Waals surface area contributed by atoms with Gasteiger partial charge in [-0.15, -0.1) is 0 Å². The first-order valence-electron chi connectivity index (χ1n) is 16.6. The highest BCUT2D eigenvalue weighted by Gasteiger charge is 2.33. The normalized spacial score (nSPS) is 38.7. The van der Waals surface area contributed by atoms with E-state index in [1.807, 2.05) is 0 Å². The van der Waals surface area contributed by atoms with Crippen molar-refractivity contribution in [2.45, 2.75) is 149 Å². The van der Waals surface area contributed by atoms with E-state index in [1.54, 1.807) is 38.5 Å². The van der Waals surface area contributed by atoms with Gasteiger partial charge in [0.1, 0.15) is 0 Å². The Morgan fingerprint density at radius 3 is 1.69 bits per heavy atom. The SMILES string of the molecule is CCCCCC1CCC(C=CC2C=CC(C3CCC(C4CCC(CCCC)CC4)CC3)CC2)CC1. The van der Waals surface area contributed by atoms with Gasteiger partial charge in [-0.25, -0.2) is 0 Å². The van der Waals surface area contributed by atoms with Crippen LogP contribution < -0.4 is 0 Å². The average Bonchev–Trinajstić information content (AvgIpc) is 2.92. The zero-order chi connectivity index (χ0) is 24.3. The van der Waals surface area contributed by atoms with E-state index in [-0.39, 0.29) is 0 Å². The lowest BCUT2D eigenvalue weighted by Crippen LogP contribution is -2.28. The maximum atomic E-state index is 2.66. The third kappa shape index (κ3) is 8.78. The summed E-state index contributed by atoms with van der Waals surface area (Å²) in [6, 6.07) is 0. The molecule has 35 heavy (non-hydrogen) atoms. The van der Waals surface area contributed by atoms with E-state index in [9.17, 15) is 0 Å². The molecule has 0 aliphatic heterocycles. The van der Waals surface area contributed by atoms with Crippen LogP contribution in [0.5, 0.6) is 0 Å². The third-order valence-electron chi connectivity index (χ3n) is 11.1. The fourth-order valence-electron chi connectivity index (χ4n) is 8.55. The molecule has 4 aliphatic carbocycles. The van der Waals surface area contributed by atoms with Crippen molar-refractivity contribution in [3.8, 4) is 0 Å². The molecular weight excluding hydrogens is 420 g/mol. The van der Waals surface area contributed by atoms with Gasteiger partial charge in [0.05, 0.1) is 0 Å². The maximum absolute atomic E-state index is 2.66. The van der Waals surface area contributed by atoms with Gasteiger partial charge in [-0.05, 0) is 124 Å². The highest BCUT2D eigenvalue weighted by atomic mass is 14.4. The number of rotatable bonds is 11. The predicted molar refractivity (Wildman–Crippen MR) is 155 cm³/mol. The number of hydrogen-bond acceptors (Lipinski definition) is 0. The summed E-state index contributed by atoms with van der Waals surface area (Å²) in [6.07, 6.45) is 41.7. The van der Waals surface area contributed by atoms with Gasteiger partial charge in [-0.2, -0.15) is 0 Å². The number of hydrogen-bond donors (Lipinski definition) is 0. The summed E-state index contributed by atoms with van der Waals surface area (Å²) in [4.78, 5) is 0. The molecule has 0 radical (unpaired) electrons. The van der Waals surface area contributed by atoms with Crippen molar-refractivity contribution in [2.75, 3.05) is 0 Å². The van der Waals surface area contributed by atoms with Crippen molar-refractivity contribution in [2.24, 2.45) is 47.3 Å². The fraction of sp³-hybridized carbons (Fsp3) is 0.886. The van der Waals surface area contributed by atoms with Crippen LogP contribution >= 0.6 is 0 Å². The molecule has 0 aromatic carbocycles. The van der Waals surface area contributed by atoms with Crippen LogP contribution in [0.4, 0.5) is 0 Å². The molecule has 0 aromatic rings. The summed E-state index contributed by atoms with van der Waals surface area (Å²) in [7, 11) is 0. The summed E-state index contributed by atoms with van der Waals surface area (Å²) >= 11 is 0. The highest BCUT2D eigenvalue weighted by Crippen LogP contribution is 2.45. The first-order chi connectivity index (χ1) is 17.2. The Balaban J connectivity index is 1.11. The number of allylic oxidation sites excluding steroid dienone is 4. The molecule has 2 unspecified atom stereocenters. The van der Waals surface area contributed by atoms with Crippen LogP contribution in [-0.2, 0) is 0 Å². The molecule has 0 N–H and O–H groups in total. The van der Waals surface area contributed by atoms with E-state index in [0.29, 0.717) is 0 Å². The average molecular weight is 481 g/mol. The van der Waals surface area contributed by atoms with Crippen LogP contribution in [0.3, 0.4) is 0 Å². The Labute approximate surface area is 220 Å². The first kappa shape index (κ1) is 27.5. The molecule has 0 aromatic heterocycles. The van der Waals surface area contributed by atoms with E-state index in [0.717, 1.165) is 47.3 Å². The Bertz CT molecular complexity index is 604. The zero-order valence-electron chi connectivity index (χ0n) is 23.8. The Hall–Kier alpha value is -0.520. The molecule has 0 nitrogen and oxygen atoms in total. The van der Waals surface area contributed by atoms with Crippen LogP contribution in [0.25, 0.3) is 0 Å². The van der Waals surface area contributed by atoms with Gasteiger partial charge in [0.15, 0.2) is 0 Å². The minimum absolute atomic E-state index is 0.729. The molecule has 4 aliphatic rings. The molecule has 200 valence electrons. The van der Waals surface area contributed by atoms with Gasteiger partial charge < -0.3 is 0 Å². The monoisotopic (exact) mass is 480 g/mol. The molecule has 0 heteroatoms. The van der Waals surface area contributed by atoms with E-state index in [4.69, 9.17) is 0 Å². The van der Waals surface area contributed by atoms with Gasteiger partial charge in [-0.1, -0.05) is 95.9 Å². The molecule has 4 rings (SSSR count). The lowest BCUT2D eigenvalue weighted by Gasteiger charge is -2.40. The van der Waals surface area contributed by atoms with Crippen molar-refractivity contribution >= 4 is 0 Å². The van der Waals surface area contributed by atoms with Crippen molar-refractivity contribution < 1.29 is 0 Å². The van der Waals surface area contributed by atoms with Crippen LogP contribution in [0.15, 0.2) is 24.3 Å². The zero-order valence-corrected chi connectivity index (χ0v) is 23.8. The molecular formula is C35H60.